The highest BCUT2D eigenvalue weighted by Crippen LogP contribution is 2.64. The van der Waals surface area contributed by atoms with Crippen LogP contribution in [0.15, 0.2) is 221 Å². The second-order valence-corrected chi connectivity index (χ2v) is 19.6. The Hall–Kier alpha value is -8.97. The summed E-state index contributed by atoms with van der Waals surface area (Å²) in [6, 6.07) is 76.1. The average molecular weight is 910 g/mol. The summed E-state index contributed by atoms with van der Waals surface area (Å²) >= 11 is 1.79. The summed E-state index contributed by atoms with van der Waals surface area (Å²) < 4.78 is 15.4. The van der Waals surface area contributed by atoms with Crippen LogP contribution in [0, 0.1) is 0 Å². The van der Waals surface area contributed by atoms with E-state index in [-0.39, 0.29) is 0 Å². The van der Waals surface area contributed by atoms with Crippen molar-refractivity contribution in [2.75, 3.05) is 0 Å². The molecule has 0 saturated heterocycles. The van der Waals surface area contributed by atoms with Crippen LogP contribution in [0.3, 0.4) is 0 Å². The lowest BCUT2D eigenvalue weighted by Gasteiger charge is -2.32. The molecule has 4 aromatic heterocycles. The second-order valence-electron chi connectivity index (χ2n) is 18.5. The van der Waals surface area contributed by atoms with Gasteiger partial charge >= 0.3 is 0 Å². The van der Waals surface area contributed by atoms with Crippen molar-refractivity contribution in [1.82, 2.24) is 15.0 Å². The smallest absolute Gasteiger partial charge is 0.164 e. The van der Waals surface area contributed by atoms with Gasteiger partial charge in [-0.3, -0.25) is 0 Å². The predicted octanol–water partition coefficient (Wildman–Crippen LogP) is 17.0. The van der Waals surface area contributed by atoms with E-state index in [4.69, 9.17) is 23.8 Å². The van der Waals surface area contributed by atoms with Gasteiger partial charge in [-0.2, -0.15) is 0 Å². The van der Waals surface area contributed by atoms with Gasteiger partial charge in [0.05, 0.1) is 5.41 Å². The minimum absolute atomic E-state index is 0.492. The minimum Gasteiger partial charge on any atom is -0.456 e. The lowest BCUT2D eigenvalue weighted by molar-refractivity contribution is 0.668. The van der Waals surface area contributed by atoms with Crippen molar-refractivity contribution >= 4 is 75.4 Å². The zero-order valence-electron chi connectivity index (χ0n) is 37.3. The van der Waals surface area contributed by atoms with Gasteiger partial charge in [0, 0.05) is 58.4 Å². The largest absolute Gasteiger partial charge is 0.456 e. The van der Waals surface area contributed by atoms with Gasteiger partial charge in [-0.25, -0.2) is 15.0 Å². The number of furan rings is 2. The molecule has 16 rings (SSSR count). The summed E-state index contributed by atoms with van der Waals surface area (Å²) in [5.74, 6) is 1.76. The number of benzene rings is 10. The molecule has 5 nitrogen and oxygen atoms in total. The zero-order valence-corrected chi connectivity index (χ0v) is 38.1. The van der Waals surface area contributed by atoms with Crippen molar-refractivity contribution in [2.24, 2.45) is 0 Å². The molecule has 0 atom stereocenters. The van der Waals surface area contributed by atoms with E-state index in [9.17, 15) is 0 Å². The van der Waals surface area contributed by atoms with Crippen LogP contribution < -0.4 is 0 Å². The molecule has 0 unspecified atom stereocenters. The van der Waals surface area contributed by atoms with Gasteiger partial charge in [0.25, 0.3) is 0 Å². The van der Waals surface area contributed by atoms with Crippen LogP contribution >= 0.6 is 11.3 Å². The topological polar surface area (TPSA) is 65.0 Å². The summed E-state index contributed by atoms with van der Waals surface area (Å²) in [7, 11) is 0. The Labute approximate surface area is 404 Å². The van der Waals surface area contributed by atoms with Gasteiger partial charge in [-0.1, -0.05) is 158 Å². The molecule has 0 saturated carbocycles. The van der Waals surface area contributed by atoms with Crippen molar-refractivity contribution in [2.45, 2.75) is 5.41 Å². The SMILES string of the molecule is c1ccc2c(c1)-c1ccccc1C21c2ccccc2-c2cccc(-c3ccc4oc5cccc(-c6nc(-c7ccc8oc9ccccc9c8c7)nc(-c7cccc8sc9ccccc9c78)n6)c5c4c3)c21. The van der Waals surface area contributed by atoms with Crippen LogP contribution in [0.5, 0.6) is 0 Å². The van der Waals surface area contributed by atoms with Crippen molar-refractivity contribution < 1.29 is 8.83 Å². The second kappa shape index (κ2) is 14.0. The Morgan fingerprint density at radius 3 is 1.57 bits per heavy atom. The van der Waals surface area contributed by atoms with E-state index in [1.54, 1.807) is 11.3 Å². The molecule has 0 aliphatic heterocycles. The van der Waals surface area contributed by atoms with Gasteiger partial charge < -0.3 is 8.83 Å². The fourth-order valence-electron chi connectivity index (χ4n) is 12.1. The lowest BCUT2D eigenvalue weighted by Crippen LogP contribution is -2.26. The molecule has 0 N–H and O–H groups in total. The number of hydrogen-bond acceptors (Lipinski definition) is 6. The molecule has 70 heavy (non-hydrogen) atoms. The first-order valence-electron chi connectivity index (χ1n) is 23.7. The van der Waals surface area contributed by atoms with Crippen LogP contribution in [0.25, 0.3) is 132 Å². The third kappa shape index (κ3) is 5.07. The number of hydrogen-bond donors (Lipinski definition) is 0. The van der Waals surface area contributed by atoms with E-state index in [1.807, 2.05) is 30.3 Å². The first-order valence-corrected chi connectivity index (χ1v) is 24.5. The van der Waals surface area contributed by atoms with Crippen molar-refractivity contribution in [3.63, 3.8) is 0 Å². The molecule has 0 fully saturated rings. The molecular formula is C64H35N3O2S. The molecule has 0 amide bonds. The molecule has 0 radical (unpaired) electrons. The van der Waals surface area contributed by atoms with Crippen LogP contribution in [0.1, 0.15) is 22.3 Å². The van der Waals surface area contributed by atoms with Crippen LogP contribution in [0.4, 0.5) is 0 Å². The molecule has 2 aliphatic rings. The highest BCUT2D eigenvalue weighted by molar-refractivity contribution is 7.25. The van der Waals surface area contributed by atoms with E-state index >= 15 is 0 Å². The lowest BCUT2D eigenvalue weighted by atomic mass is 9.68. The molecule has 324 valence electrons. The molecular weight excluding hydrogens is 875 g/mol. The van der Waals surface area contributed by atoms with Crippen LogP contribution in [-0.4, -0.2) is 15.0 Å². The number of nitrogens with zero attached hydrogens (tertiary/aromatic N) is 3. The molecule has 6 heteroatoms. The molecule has 14 aromatic rings. The summed E-state index contributed by atoms with van der Waals surface area (Å²) in [6.07, 6.45) is 0. The van der Waals surface area contributed by atoms with E-state index in [0.717, 1.165) is 71.5 Å². The Balaban J connectivity index is 0.940. The number of thiophene rings is 1. The number of para-hydroxylation sites is 1. The highest BCUT2D eigenvalue weighted by atomic mass is 32.1. The Morgan fingerprint density at radius 1 is 0.314 bits per heavy atom. The highest BCUT2D eigenvalue weighted by Gasteiger charge is 2.52. The quantitative estimate of drug-likeness (QED) is 0.176. The van der Waals surface area contributed by atoms with Crippen molar-refractivity contribution in [3.05, 3.63) is 235 Å². The average Bonchev–Trinajstić information content (AvgIpc) is 4.23. The Morgan fingerprint density at radius 2 is 0.800 bits per heavy atom. The van der Waals surface area contributed by atoms with Crippen molar-refractivity contribution in [1.29, 1.82) is 0 Å². The molecule has 4 heterocycles. The van der Waals surface area contributed by atoms with Crippen LogP contribution in [-0.2, 0) is 5.41 Å². The molecule has 2 aliphatic carbocycles. The third-order valence-corrected chi connectivity index (χ3v) is 16.1. The van der Waals surface area contributed by atoms with Crippen molar-refractivity contribution in [3.8, 4) is 67.5 Å². The maximum Gasteiger partial charge on any atom is 0.164 e. The van der Waals surface area contributed by atoms with Gasteiger partial charge in [0.1, 0.15) is 22.3 Å². The maximum absolute atomic E-state index is 6.76. The molecule has 10 aromatic carbocycles. The van der Waals surface area contributed by atoms with Gasteiger partial charge in [0.2, 0.25) is 0 Å². The first-order chi connectivity index (χ1) is 34.7. The standard InChI is InChI=1S/C64H35N3O2S/c1-6-23-49-39(14-1)40-15-2-7-24-50(40)64(49)51-25-8-3-16-41(51)43-20-11-19-38(60(43)64)36-30-32-54-48(34-36)58-45(21-12-27-55(58)69-54)62-65-61(37-31-33-53-47(35-37)42-17-4-9-26-52(42)68-53)66-63(67-62)46-22-13-29-57-59(46)44-18-5-10-28-56(44)70-57/h1-35H. The molecule has 0 bridgehead atoms. The van der Waals surface area contributed by atoms with Gasteiger partial charge in [0.15, 0.2) is 17.5 Å². The fraction of sp³-hybridized carbons (Fsp3) is 0.0156. The van der Waals surface area contributed by atoms with E-state index in [1.165, 1.54) is 64.9 Å². The van der Waals surface area contributed by atoms with Gasteiger partial charge in [-0.05, 0) is 110 Å². The predicted molar refractivity (Wildman–Crippen MR) is 285 cm³/mol. The normalized spacial score (nSPS) is 13.3. The van der Waals surface area contributed by atoms with E-state index < -0.39 is 5.41 Å². The monoisotopic (exact) mass is 909 g/mol. The first kappa shape index (κ1) is 38.0. The Kier molecular flexibility index (Phi) is 7.63. The Bertz CT molecular complexity index is 4510. The number of fused-ring (bicyclic) bond motifs is 19. The molecule has 1 spiro atoms. The third-order valence-electron chi connectivity index (χ3n) is 15.0. The maximum atomic E-state index is 6.76. The van der Waals surface area contributed by atoms with E-state index in [2.05, 4.69) is 182 Å². The number of aromatic nitrogens is 3. The number of rotatable bonds is 4. The summed E-state index contributed by atoms with van der Waals surface area (Å²) in [5.41, 5.74) is 18.1. The summed E-state index contributed by atoms with van der Waals surface area (Å²) in [5, 5.41) is 6.35. The summed E-state index contributed by atoms with van der Waals surface area (Å²) in [6.45, 7) is 0. The minimum atomic E-state index is -0.492. The summed E-state index contributed by atoms with van der Waals surface area (Å²) in [4.78, 5) is 16.2. The zero-order chi connectivity index (χ0) is 45.7. The fourth-order valence-corrected chi connectivity index (χ4v) is 13.3. The van der Waals surface area contributed by atoms with Crippen LogP contribution in [0.2, 0.25) is 0 Å². The van der Waals surface area contributed by atoms with E-state index in [0.29, 0.717) is 17.5 Å². The van der Waals surface area contributed by atoms with Gasteiger partial charge in [-0.15, -0.1) is 11.3 Å².